The third-order valence-corrected chi connectivity index (χ3v) is 10.0. The maximum atomic E-state index is 2.46. The molecule has 0 saturated heterocycles. The molecule has 0 aliphatic heterocycles. The fourth-order valence-electron chi connectivity index (χ4n) is 6.05. The first-order valence-electron chi connectivity index (χ1n) is 12.5. The minimum atomic E-state index is 1.21. The van der Waals surface area contributed by atoms with Gasteiger partial charge in [0.05, 0.1) is 11.0 Å². The SMILES string of the molecule is c1ccc2cc3c(cc2c1)sc1ccc(-n2c4ccccc4c4cc5c(cc42)sc2ccccc25)cc13. The van der Waals surface area contributed by atoms with Crippen molar-refractivity contribution in [2.45, 2.75) is 0 Å². The first-order chi connectivity index (χ1) is 18.3. The Balaban J connectivity index is 1.39. The lowest BCUT2D eigenvalue weighted by molar-refractivity contribution is 1.19. The molecule has 6 aromatic carbocycles. The van der Waals surface area contributed by atoms with E-state index in [-0.39, 0.29) is 0 Å². The Kier molecular flexibility index (Phi) is 3.88. The monoisotopic (exact) mass is 505 g/mol. The van der Waals surface area contributed by atoms with Gasteiger partial charge in [-0.05, 0) is 65.4 Å². The van der Waals surface area contributed by atoms with E-state index >= 15 is 0 Å². The van der Waals surface area contributed by atoms with E-state index < -0.39 is 0 Å². The Labute approximate surface area is 220 Å². The molecule has 172 valence electrons. The standard InChI is InChI=1S/C34H19NS2/c1-2-8-21-16-33-26(15-20(21)7-1)27-17-22(13-14-32(27)37-33)35-29-11-5-3-9-23(29)25-18-28-24-10-4-6-12-31(24)36-34(28)19-30(25)35/h1-19H. The number of para-hydroxylation sites is 1. The molecule has 3 heteroatoms. The lowest BCUT2D eigenvalue weighted by Gasteiger charge is -2.08. The van der Waals surface area contributed by atoms with Crippen LogP contribution in [0.2, 0.25) is 0 Å². The fourth-order valence-corrected chi connectivity index (χ4v) is 8.29. The average molecular weight is 506 g/mol. The van der Waals surface area contributed by atoms with Gasteiger partial charge in [0.15, 0.2) is 0 Å². The van der Waals surface area contributed by atoms with Gasteiger partial charge in [0.2, 0.25) is 0 Å². The highest BCUT2D eigenvalue weighted by atomic mass is 32.1. The minimum absolute atomic E-state index is 1.21. The van der Waals surface area contributed by atoms with Crippen molar-refractivity contribution < 1.29 is 0 Å². The third-order valence-electron chi connectivity index (χ3n) is 7.75. The molecule has 0 saturated carbocycles. The second-order valence-electron chi connectivity index (χ2n) is 9.79. The van der Waals surface area contributed by atoms with Gasteiger partial charge >= 0.3 is 0 Å². The fraction of sp³-hybridized carbons (Fsp3) is 0. The predicted molar refractivity (Wildman–Crippen MR) is 164 cm³/mol. The summed E-state index contributed by atoms with van der Waals surface area (Å²) >= 11 is 3.77. The zero-order chi connectivity index (χ0) is 24.1. The molecule has 0 unspecified atom stereocenters. The number of fused-ring (bicyclic) bond motifs is 10. The lowest BCUT2D eigenvalue weighted by atomic mass is 10.1. The van der Waals surface area contributed by atoms with E-state index in [1.54, 1.807) is 0 Å². The molecule has 0 bridgehead atoms. The summed E-state index contributed by atoms with van der Waals surface area (Å²) < 4.78 is 7.82. The molecule has 37 heavy (non-hydrogen) atoms. The van der Waals surface area contributed by atoms with E-state index in [4.69, 9.17) is 0 Å². The van der Waals surface area contributed by atoms with Crippen LogP contribution in [0, 0.1) is 0 Å². The van der Waals surface area contributed by atoms with Crippen LogP contribution >= 0.6 is 22.7 Å². The van der Waals surface area contributed by atoms with Crippen LogP contribution in [0.25, 0.3) is 78.6 Å². The van der Waals surface area contributed by atoms with Gasteiger partial charge in [-0.2, -0.15) is 0 Å². The number of aromatic nitrogens is 1. The molecule has 0 aliphatic carbocycles. The van der Waals surface area contributed by atoms with E-state index in [2.05, 4.69) is 120 Å². The normalized spacial score (nSPS) is 12.3. The van der Waals surface area contributed by atoms with Crippen LogP contribution in [0.1, 0.15) is 0 Å². The van der Waals surface area contributed by atoms with Gasteiger partial charge in [-0.3, -0.25) is 0 Å². The van der Waals surface area contributed by atoms with Crippen molar-refractivity contribution in [2.24, 2.45) is 0 Å². The topological polar surface area (TPSA) is 4.93 Å². The molecule has 9 rings (SSSR count). The molecule has 3 aromatic heterocycles. The van der Waals surface area contributed by atoms with Crippen LogP contribution in [0.3, 0.4) is 0 Å². The molecule has 0 atom stereocenters. The van der Waals surface area contributed by atoms with Crippen molar-refractivity contribution in [2.75, 3.05) is 0 Å². The summed E-state index contributed by atoms with van der Waals surface area (Å²) in [4.78, 5) is 0. The second kappa shape index (κ2) is 7.19. The van der Waals surface area contributed by atoms with Gasteiger partial charge in [0, 0.05) is 56.8 Å². The highest BCUT2D eigenvalue weighted by Crippen LogP contribution is 2.42. The molecule has 0 fully saturated rings. The molecule has 9 aromatic rings. The highest BCUT2D eigenvalue weighted by Gasteiger charge is 2.16. The quantitative estimate of drug-likeness (QED) is 0.209. The minimum Gasteiger partial charge on any atom is -0.309 e. The molecule has 0 aliphatic rings. The zero-order valence-corrected chi connectivity index (χ0v) is 21.4. The van der Waals surface area contributed by atoms with Crippen molar-refractivity contribution in [1.82, 2.24) is 4.57 Å². The van der Waals surface area contributed by atoms with E-state index in [1.165, 1.54) is 78.6 Å². The summed E-state index contributed by atoms with van der Waals surface area (Å²) in [5.41, 5.74) is 3.74. The van der Waals surface area contributed by atoms with E-state index in [0.717, 1.165) is 0 Å². The van der Waals surface area contributed by atoms with E-state index in [0.29, 0.717) is 0 Å². The van der Waals surface area contributed by atoms with Crippen LogP contribution in [0.4, 0.5) is 0 Å². The summed E-state index contributed by atoms with van der Waals surface area (Å²) in [6.07, 6.45) is 0. The van der Waals surface area contributed by atoms with Gasteiger partial charge in [0.1, 0.15) is 0 Å². The smallest absolute Gasteiger partial charge is 0.0555 e. The average Bonchev–Trinajstić information content (AvgIpc) is 3.59. The molecule has 0 radical (unpaired) electrons. The molecular weight excluding hydrogens is 487 g/mol. The van der Waals surface area contributed by atoms with Crippen molar-refractivity contribution in [3.63, 3.8) is 0 Å². The number of rotatable bonds is 1. The number of nitrogens with zero attached hydrogens (tertiary/aromatic N) is 1. The molecule has 0 N–H and O–H groups in total. The maximum Gasteiger partial charge on any atom is 0.0555 e. The van der Waals surface area contributed by atoms with Gasteiger partial charge in [-0.15, -0.1) is 22.7 Å². The Bertz CT molecular complexity index is 2360. The highest BCUT2D eigenvalue weighted by molar-refractivity contribution is 7.26. The van der Waals surface area contributed by atoms with Crippen LogP contribution in [-0.4, -0.2) is 4.57 Å². The lowest BCUT2D eigenvalue weighted by Crippen LogP contribution is -1.93. The molecule has 1 nitrogen and oxygen atoms in total. The van der Waals surface area contributed by atoms with Crippen molar-refractivity contribution >= 4 is 95.6 Å². The first kappa shape index (κ1) is 19.9. The predicted octanol–water partition coefficient (Wildman–Crippen LogP) is 10.7. The van der Waals surface area contributed by atoms with Gasteiger partial charge in [-0.25, -0.2) is 0 Å². The van der Waals surface area contributed by atoms with Crippen LogP contribution in [-0.2, 0) is 0 Å². The molecule has 0 spiro atoms. The molecule has 0 amide bonds. The largest absolute Gasteiger partial charge is 0.309 e. The van der Waals surface area contributed by atoms with Gasteiger partial charge in [0.25, 0.3) is 0 Å². The first-order valence-corrected chi connectivity index (χ1v) is 14.1. The maximum absolute atomic E-state index is 2.46. The summed E-state index contributed by atoms with van der Waals surface area (Å²) in [7, 11) is 0. The summed E-state index contributed by atoms with van der Waals surface area (Å²) in [6.45, 7) is 0. The van der Waals surface area contributed by atoms with Gasteiger partial charge in [-0.1, -0.05) is 60.7 Å². The third kappa shape index (κ3) is 2.73. The summed E-state index contributed by atoms with van der Waals surface area (Å²) in [6, 6.07) is 42.8. The van der Waals surface area contributed by atoms with Crippen LogP contribution in [0.5, 0.6) is 0 Å². The van der Waals surface area contributed by atoms with Crippen molar-refractivity contribution in [3.05, 3.63) is 115 Å². The zero-order valence-electron chi connectivity index (χ0n) is 19.7. The Morgan fingerprint density at radius 3 is 1.92 bits per heavy atom. The number of hydrogen-bond acceptors (Lipinski definition) is 2. The van der Waals surface area contributed by atoms with Gasteiger partial charge < -0.3 is 4.57 Å². The number of hydrogen-bond donors (Lipinski definition) is 0. The summed E-state index contributed by atoms with van der Waals surface area (Å²) in [5, 5.41) is 10.6. The summed E-state index contributed by atoms with van der Waals surface area (Å²) in [5.74, 6) is 0. The van der Waals surface area contributed by atoms with E-state index in [1.807, 2.05) is 22.7 Å². The Morgan fingerprint density at radius 1 is 0.378 bits per heavy atom. The van der Waals surface area contributed by atoms with Crippen LogP contribution < -0.4 is 0 Å². The number of benzene rings is 6. The Morgan fingerprint density at radius 2 is 1.03 bits per heavy atom. The number of thiophene rings is 2. The van der Waals surface area contributed by atoms with E-state index in [9.17, 15) is 0 Å². The molecule has 3 heterocycles. The van der Waals surface area contributed by atoms with Crippen molar-refractivity contribution in [3.8, 4) is 5.69 Å². The van der Waals surface area contributed by atoms with Crippen molar-refractivity contribution in [1.29, 1.82) is 0 Å². The second-order valence-corrected chi connectivity index (χ2v) is 12.0. The molecular formula is C34H19NS2. The Hall–Kier alpha value is -4.18. The van der Waals surface area contributed by atoms with Crippen LogP contribution in [0.15, 0.2) is 115 Å².